The molecule has 0 aromatic heterocycles. The Hall–Kier alpha value is -1.17. The number of hydrogen-bond acceptors (Lipinski definition) is 3. The van der Waals surface area contributed by atoms with E-state index in [-0.39, 0.29) is 15.9 Å². The molecular formula is C9H7BrFNO3. The molecule has 0 unspecified atom stereocenters. The van der Waals surface area contributed by atoms with Gasteiger partial charge in [-0.25, -0.2) is 4.39 Å². The van der Waals surface area contributed by atoms with Crippen LogP contribution in [0.2, 0.25) is 0 Å². The lowest BCUT2D eigenvalue weighted by Crippen LogP contribution is -2.12. The van der Waals surface area contributed by atoms with E-state index in [1.54, 1.807) is 0 Å². The first kappa shape index (κ1) is 10.4. The van der Waals surface area contributed by atoms with Gasteiger partial charge in [0, 0.05) is 11.6 Å². The largest absolute Gasteiger partial charge is 0.487 e. The smallest absolute Gasteiger partial charge is 0.312 e. The molecule has 80 valence electrons. The van der Waals surface area contributed by atoms with Gasteiger partial charge in [-0.3, -0.25) is 10.1 Å². The van der Waals surface area contributed by atoms with Crippen LogP contribution in [-0.2, 0) is 6.42 Å². The number of nitrogens with zero attached hydrogens (tertiary/aromatic N) is 1. The number of benzene rings is 1. The fourth-order valence-electron chi connectivity index (χ4n) is 1.59. The lowest BCUT2D eigenvalue weighted by molar-refractivity contribution is -0.386. The minimum Gasteiger partial charge on any atom is -0.487 e. The molecule has 0 fully saturated rings. The quantitative estimate of drug-likeness (QED) is 0.585. The van der Waals surface area contributed by atoms with Crippen LogP contribution in [0.1, 0.15) is 12.0 Å². The number of hydrogen-bond donors (Lipinski definition) is 0. The van der Waals surface area contributed by atoms with Crippen LogP contribution in [0.25, 0.3) is 0 Å². The molecule has 0 saturated carbocycles. The molecule has 0 amide bonds. The fourth-order valence-corrected chi connectivity index (χ4v) is 2.05. The second kappa shape index (κ2) is 3.77. The Morgan fingerprint density at radius 1 is 1.60 bits per heavy atom. The van der Waals surface area contributed by atoms with Crippen LogP contribution in [0.4, 0.5) is 10.1 Å². The Morgan fingerprint density at radius 3 is 3.00 bits per heavy atom. The maximum Gasteiger partial charge on any atom is 0.312 e. The van der Waals surface area contributed by atoms with E-state index in [1.165, 1.54) is 0 Å². The SMILES string of the molecule is O=[N+]([O-])c1cc(Br)c(F)c2c1OCCC2. The first-order valence-corrected chi connectivity index (χ1v) is 5.18. The molecule has 1 heterocycles. The molecule has 0 N–H and O–H groups in total. The van der Waals surface area contributed by atoms with E-state index in [1.807, 2.05) is 0 Å². The number of fused-ring (bicyclic) bond motifs is 1. The summed E-state index contributed by atoms with van der Waals surface area (Å²) in [4.78, 5) is 10.2. The van der Waals surface area contributed by atoms with Gasteiger partial charge in [-0.05, 0) is 28.8 Å². The van der Waals surface area contributed by atoms with Crippen molar-refractivity contribution < 1.29 is 14.1 Å². The highest BCUT2D eigenvalue weighted by molar-refractivity contribution is 9.10. The fraction of sp³-hybridized carbons (Fsp3) is 0.333. The highest BCUT2D eigenvalue weighted by atomic mass is 79.9. The number of nitro benzene ring substituents is 1. The van der Waals surface area contributed by atoms with Crippen molar-refractivity contribution in [3.63, 3.8) is 0 Å². The molecule has 0 radical (unpaired) electrons. The summed E-state index contributed by atoms with van der Waals surface area (Å²) in [6.45, 7) is 0.398. The molecule has 1 aliphatic rings. The lowest BCUT2D eigenvalue weighted by Gasteiger charge is -2.17. The molecule has 1 aromatic rings. The Morgan fingerprint density at radius 2 is 2.33 bits per heavy atom. The second-order valence-corrected chi connectivity index (χ2v) is 4.06. The zero-order chi connectivity index (χ0) is 11.0. The molecule has 1 aromatic carbocycles. The average Bonchev–Trinajstić information content (AvgIpc) is 2.23. The van der Waals surface area contributed by atoms with Crippen LogP contribution in [0.3, 0.4) is 0 Å². The van der Waals surface area contributed by atoms with E-state index in [4.69, 9.17) is 4.74 Å². The number of halogens is 2. The normalized spacial score (nSPS) is 14.3. The molecule has 0 bridgehead atoms. The summed E-state index contributed by atoms with van der Waals surface area (Å²) in [5, 5.41) is 10.7. The predicted molar refractivity (Wildman–Crippen MR) is 54.6 cm³/mol. The van der Waals surface area contributed by atoms with Gasteiger partial charge in [-0.2, -0.15) is 0 Å². The minimum absolute atomic E-state index is 0.0759. The first-order valence-electron chi connectivity index (χ1n) is 4.39. The molecule has 6 heteroatoms. The third-order valence-electron chi connectivity index (χ3n) is 2.26. The molecule has 0 spiro atoms. The highest BCUT2D eigenvalue weighted by Gasteiger charge is 2.27. The Kier molecular flexibility index (Phi) is 2.60. The van der Waals surface area contributed by atoms with Crippen LogP contribution in [0.5, 0.6) is 5.75 Å². The maximum atomic E-state index is 13.6. The Labute approximate surface area is 93.3 Å². The Balaban J connectivity index is 2.67. The zero-order valence-electron chi connectivity index (χ0n) is 7.63. The average molecular weight is 276 g/mol. The third-order valence-corrected chi connectivity index (χ3v) is 2.84. The maximum absolute atomic E-state index is 13.6. The van der Waals surface area contributed by atoms with E-state index < -0.39 is 10.7 Å². The topological polar surface area (TPSA) is 52.4 Å². The van der Waals surface area contributed by atoms with Gasteiger partial charge >= 0.3 is 5.69 Å². The van der Waals surface area contributed by atoms with Gasteiger partial charge in [0.1, 0.15) is 5.82 Å². The number of ether oxygens (including phenoxy) is 1. The van der Waals surface area contributed by atoms with Crippen LogP contribution in [0.15, 0.2) is 10.5 Å². The standard InChI is InChI=1S/C9H7BrFNO3/c10-6-4-7(12(13)14)9-5(8(6)11)2-1-3-15-9/h4H,1-3H2. The van der Waals surface area contributed by atoms with Crippen LogP contribution in [-0.4, -0.2) is 11.5 Å². The van der Waals surface area contributed by atoms with Crippen molar-refractivity contribution in [2.45, 2.75) is 12.8 Å². The van der Waals surface area contributed by atoms with Crippen molar-refractivity contribution in [3.05, 3.63) is 32.0 Å². The van der Waals surface area contributed by atoms with Crippen molar-refractivity contribution >= 4 is 21.6 Å². The molecule has 15 heavy (non-hydrogen) atoms. The monoisotopic (exact) mass is 275 g/mol. The Bertz CT molecular complexity index is 436. The van der Waals surface area contributed by atoms with Crippen molar-refractivity contribution in [2.75, 3.05) is 6.61 Å². The van der Waals surface area contributed by atoms with Gasteiger partial charge in [0.15, 0.2) is 0 Å². The van der Waals surface area contributed by atoms with Crippen LogP contribution in [0, 0.1) is 15.9 Å². The summed E-state index contributed by atoms with van der Waals surface area (Å²) in [7, 11) is 0. The van der Waals surface area contributed by atoms with Crippen LogP contribution >= 0.6 is 15.9 Å². The van der Waals surface area contributed by atoms with Crippen molar-refractivity contribution in [3.8, 4) is 5.75 Å². The second-order valence-electron chi connectivity index (χ2n) is 3.21. The van der Waals surface area contributed by atoms with Crippen LogP contribution < -0.4 is 4.74 Å². The molecule has 1 aliphatic heterocycles. The van der Waals surface area contributed by atoms with E-state index in [2.05, 4.69) is 15.9 Å². The summed E-state index contributed by atoms with van der Waals surface area (Å²) >= 11 is 2.96. The summed E-state index contributed by atoms with van der Waals surface area (Å²) in [6, 6.07) is 1.14. The van der Waals surface area contributed by atoms with E-state index >= 15 is 0 Å². The molecule has 0 aliphatic carbocycles. The van der Waals surface area contributed by atoms with Gasteiger partial charge in [0.25, 0.3) is 0 Å². The molecular weight excluding hydrogens is 269 g/mol. The van der Waals surface area contributed by atoms with E-state index in [0.717, 1.165) is 6.07 Å². The summed E-state index contributed by atoms with van der Waals surface area (Å²) in [5.41, 5.74) is 0.111. The lowest BCUT2D eigenvalue weighted by atomic mass is 10.0. The van der Waals surface area contributed by atoms with Crippen molar-refractivity contribution in [1.29, 1.82) is 0 Å². The number of nitro groups is 1. The predicted octanol–water partition coefficient (Wildman–Crippen LogP) is 2.82. The molecule has 0 atom stereocenters. The van der Waals surface area contributed by atoms with Crippen molar-refractivity contribution in [1.82, 2.24) is 0 Å². The van der Waals surface area contributed by atoms with Gasteiger partial charge in [0.2, 0.25) is 5.75 Å². The van der Waals surface area contributed by atoms with E-state index in [9.17, 15) is 14.5 Å². The summed E-state index contributed by atoms with van der Waals surface area (Å²) in [5.74, 6) is -0.387. The minimum atomic E-state index is -0.561. The molecule has 4 nitrogen and oxygen atoms in total. The van der Waals surface area contributed by atoms with Gasteiger partial charge < -0.3 is 4.74 Å². The van der Waals surface area contributed by atoms with E-state index in [0.29, 0.717) is 25.0 Å². The zero-order valence-corrected chi connectivity index (χ0v) is 9.21. The number of rotatable bonds is 1. The highest BCUT2D eigenvalue weighted by Crippen LogP contribution is 2.39. The third kappa shape index (κ3) is 1.69. The summed E-state index contributed by atoms with van der Waals surface area (Å²) in [6.07, 6.45) is 1.15. The van der Waals surface area contributed by atoms with Gasteiger partial charge in [-0.1, -0.05) is 0 Å². The first-order chi connectivity index (χ1) is 7.11. The van der Waals surface area contributed by atoms with Gasteiger partial charge in [0.05, 0.1) is 16.0 Å². The summed E-state index contributed by atoms with van der Waals surface area (Å²) < 4.78 is 18.8. The van der Waals surface area contributed by atoms with Crippen molar-refractivity contribution in [2.24, 2.45) is 0 Å². The van der Waals surface area contributed by atoms with Gasteiger partial charge in [-0.15, -0.1) is 0 Å². The molecule has 2 rings (SSSR count). The molecule has 0 saturated heterocycles.